The molecule has 0 spiro atoms. The number of hydrogen-bond acceptors (Lipinski definition) is 10. The van der Waals surface area contributed by atoms with Crippen LogP contribution in [0, 0.1) is 6.92 Å². The average Bonchev–Trinajstić information content (AvgIpc) is 3.10. The number of anilines is 5. The lowest BCUT2D eigenvalue weighted by atomic mass is 9.81. The van der Waals surface area contributed by atoms with Crippen LogP contribution in [0.2, 0.25) is 0 Å². The second-order valence-electron chi connectivity index (χ2n) is 11.1. The molecule has 0 bridgehead atoms. The number of nitrogens with zero attached hydrogens (tertiary/aromatic N) is 7. The van der Waals surface area contributed by atoms with Crippen LogP contribution in [0.1, 0.15) is 25.0 Å². The molecule has 0 unspecified atom stereocenters. The van der Waals surface area contributed by atoms with E-state index in [2.05, 4.69) is 61.6 Å². The van der Waals surface area contributed by atoms with Gasteiger partial charge in [0.25, 0.3) is 0 Å². The summed E-state index contributed by atoms with van der Waals surface area (Å²) in [7, 11) is -0.202. The van der Waals surface area contributed by atoms with Crippen LogP contribution in [-0.4, -0.2) is 87.6 Å². The molecular formula is C28H38N8O2S. The first kappa shape index (κ1) is 27.3. The average molecular weight is 551 g/mol. The third-order valence-electron chi connectivity index (χ3n) is 7.83. The molecule has 0 amide bonds. The van der Waals surface area contributed by atoms with Crippen LogP contribution in [0.15, 0.2) is 47.0 Å². The molecule has 10 nitrogen and oxygen atoms in total. The van der Waals surface area contributed by atoms with E-state index in [0.717, 1.165) is 37.4 Å². The second kappa shape index (κ2) is 10.4. The SMILES string of the molecule is Cc1cc(Nc2ncc3c(n2)N(c2cccc(N=S(C)(C)=O)n2)[C@@H](C)[C@]3(C)CO)ccc1N1CCN(C)CC1. The maximum Gasteiger partial charge on any atom is 0.229 e. The quantitative estimate of drug-likeness (QED) is 0.473. The van der Waals surface area contributed by atoms with Crippen molar-refractivity contribution in [3.63, 3.8) is 0 Å². The van der Waals surface area contributed by atoms with Crippen molar-refractivity contribution in [1.29, 1.82) is 0 Å². The summed E-state index contributed by atoms with van der Waals surface area (Å²) in [6.07, 6.45) is 4.97. The zero-order valence-corrected chi connectivity index (χ0v) is 24.4. The van der Waals surface area contributed by atoms with Gasteiger partial charge >= 0.3 is 0 Å². The Balaban J connectivity index is 1.47. The summed E-state index contributed by atoms with van der Waals surface area (Å²) >= 11 is 0. The molecule has 39 heavy (non-hydrogen) atoms. The molecule has 1 aromatic carbocycles. The van der Waals surface area contributed by atoms with Gasteiger partial charge in [-0.05, 0) is 56.8 Å². The largest absolute Gasteiger partial charge is 0.395 e. The molecule has 2 atom stereocenters. The Kier molecular flexibility index (Phi) is 7.25. The first-order chi connectivity index (χ1) is 18.5. The zero-order chi connectivity index (χ0) is 27.9. The van der Waals surface area contributed by atoms with Crippen LogP contribution in [0.5, 0.6) is 0 Å². The van der Waals surface area contributed by atoms with Crippen LogP contribution in [-0.2, 0) is 15.1 Å². The number of aromatic nitrogens is 3. The normalized spacial score (nSPS) is 21.7. The summed E-state index contributed by atoms with van der Waals surface area (Å²) in [5.74, 6) is 2.17. The Labute approximate surface area is 231 Å². The Morgan fingerprint density at radius 3 is 2.56 bits per heavy atom. The van der Waals surface area contributed by atoms with Gasteiger partial charge in [0.2, 0.25) is 5.95 Å². The van der Waals surface area contributed by atoms with E-state index in [1.165, 1.54) is 11.3 Å². The third-order valence-corrected chi connectivity index (χ3v) is 8.45. The van der Waals surface area contributed by atoms with E-state index in [-0.39, 0.29) is 12.6 Å². The van der Waals surface area contributed by atoms with E-state index in [9.17, 15) is 9.32 Å². The number of likely N-dealkylation sites (N-methyl/N-ethyl adjacent to an activating group) is 1. The van der Waals surface area contributed by atoms with Crippen molar-refractivity contribution in [3.8, 4) is 0 Å². The summed E-state index contributed by atoms with van der Waals surface area (Å²) in [6, 6.07) is 11.7. The molecule has 2 aromatic heterocycles. The van der Waals surface area contributed by atoms with Crippen molar-refractivity contribution in [2.24, 2.45) is 4.36 Å². The van der Waals surface area contributed by atoms with E-state index >= 15 is 0 Å². The summed E-state index contributed by atoms with van der Waals surface area (Å²) in [5, 5.41) is 13.8. The van der Waals surface area contributed by atoms with E-state index < -0.39 is 15.1 Å². The summed E-state index contributed by atoms with van der Waals surface area (Å²) < 4.78 is 16.6. The Hall–Kier alpha value is -3.28. The number of benzene rings is 1. The molecule has 2 N–H and O–H groups in total. The van der Waals surface area contributed by atoms with Crippen LogP contribution < -0.4 is 15.1 Å². The van der Waals surface area contributed by atoms with Gasteiger partial charge < -0.3 is 25.1 Å². The van der Waals surface area contributed by atoms with E-state index in [1.807, 2.05) is 30.9 Å². The Bertz CT molecular complexity index is 1490. The highest BCUT2D eigenvalue weighted by molar-refractivity contribution is 7.92. The van der Waals surface area contributed by atoms with Gasteiger partial charge in [0.1, 0.15) is 11.6 Å². The fourth-order valence-electron chi connectivity index (χ4n) is 5.32. The minimum atomic E-state index is -2.36. The van der Waals surface area contributed by atoms with Gasteiger partial charge in [-0.2, -0.15) is 9.35 Å². The number of fused-ring (bicyclic) bond motifs is 1. The fourth-order valence-corrected chi connectivity index (χ4v) is 5.88. The van der Waals surface area contributed by atoms with Crippen molar-refractivity contribution in [2.75, 3.05) is 67.5 Å². The molecule has 1 saturated heterocycles. The molecule has 4 heterocycles. The first-order valence-corrected chi connectivity index (χ1v) is 15.5. The monoisotopic (exact) mass is 550 g/mol. The van der Waals surface area contributed by atoms with Crippen molar-refractivity contribution < 1.29 is 9.32 Å². The van der Waals surface area contributed by atoms with Crippen molar-refractivity contribution in [2.45, 2.75) is 32.2 Å². The molecule has 1 fully saturated rings. The van der Waals surface area contributed by atoms with E-state index in [0.29, 0.717) is 23.4 Å². The van der Waals surface area contributed by atoms with Crippen molar-refractivity contribution >= 4 is 44.5 Å². The molecule has 208 valence electrons. The van der Waals surface area contributed by atoms with Crippen LogP contribution in [0.3, 0.4) is 0 Å². The number of piperazine rings is 1. The van der Waals surface area contributed by atoms with Crippen LogP contribution >= 0.6 is 0 Å². The van der Waals surface area contributed by atoms with Crippen LogP contribution in [0.4, 0.5) is 34.8 Å². The molecule has 5 rings (SSSR count). The molecule has 0 radical (unpaired) electrons. The first-order valence-electron chi connectivity index (χ1n) is 13.2. The smallest absolute Gasteiger partial charge is 0.229 e. The second-order valence-corrected chi connectivity index (χ2v) is 13.6. The number of hydrogen-bond donors (Lipinski definition) is 2. The van der Waals surface area contributed by atoms with E-state index in [4.69, 9.17) is 4.98 Å². The number of pyridine rings is 1. The van der Waals surface area contributed by atoms with Gasteiger partial charge in [0.05, 0.1) is 6.61 Å². The van der Waals surface area contributed by atoms with Gasteiger partial charge in [-0.3, -0.25) is 0 Å². The van der Waals surface area contributed by atoms with Crippen molar-refractivity contribution in [3.05, 3.63) is 53.7 Å². The van der Waals surface area contributed by atoms with Crippen LogP contribution in [0.25, 0.3) is 0 Å². The molecule has 0 aliphatic carbocycles. The predicted molar refractivity (Wildman–Crippen MR) is 159 cm³/mol. The number of aryl methyl sites for hydroxylation is 1. The molecule has 3 aromatic rings. The fraction of sp³-hybridized carbons (Fsp3) is 0.464. The highest BCUT2D eigenvalue weighted by Crippen LogP contribution is 2.47. The third kappa shape index (κ3) is 5.43. The lowest BCUT2D eigenvalue weighted by Crippen LogP contribution is -2.44. The van der Waals surface area contributed by atoms with Crippen molar-refractivity contribution in [1.82, 2.24) is 19.9 Å². The topological polar surface area (TPSA) is 110 Å². The Morgan fingerprint density at radius 1 is 1.15 bits per heavy atom. The van der Waals surface area contributed by atoms with Gasteiger partial charge in [0, 0.05) is 83.0 Å². The number of aliphatic hydroxyl groups excluding tert-OH is 1. The summed E-state index contributed by atoms with van der Waals surface area (Å²) in [4.78, 5) is 21.0. The molecule has 2 aliphatic heterocycles. The highest BCUT2D eigenvalue weighted by atomic mass is 32.2. The summed E-state index contributed by atoms with van der Waals surface area (Å²) in [6.45, 7) is 10.3. The standard InChI is InChI=1S/C28H38N8O2S/c1-19-16-21(10-11-23(19)35-14-12-34(4)13-15-35)30-27-29-17-22-26(32-27)36(20(2)28(22,3)18-37)25-9-7-8-24(31-25)33-39(5,6)38/h7-11,16-17,20,37H,12-15,18H2,1-6H3,(H,29,30,32)/t20-,28-/m0/s1. The lowest BCUT2D eigenvalue weighted by Gasteiger charge is -2.35. The number of rotatable bonds is 6. The molecule has 2 aliphatic rings. The maximum absolute atomic E-state index is 12.3. The molecule has 11 heteroatoms. The van der Waals surface area contributed by atoms with E-state index in [1.54, 1.807) is 24.8 Å². The number of aliphatic hydroxyl groups is 1. The number of nitrogens with one attached hydrogen (secondary N) is 1. The molecular weight excluding hydrogens is 512 g/mol. The highest BCUT2D eigenvalue weighted by Gasteiger charge is 2.47. The Morgan fingerprint density at radius 2 is 1.90 bits per heavy atom. The van der Waals surface area contributed by atoms with Gasteiger partial charge in [-0.15, -0.1) is 0 Å². The minimum Gasteiger partial charge on any atom is -0.395 e. The summed E-state index contributed by atoms with van der Waals surface area (Å²) in [5.41, 5.74) is 3.62. The van der Waals surface area contributed by atoms with Gasteiger partial charge in [-0.1, -0.05) is 13.0 Å². The molecule has 0 saturated carbocycles. The zero-order valence-electron chi connectivity index (χ0n) is 23.5. The maximum atomic E-state index is 12.3. The predicted octanol–water partition coefficient (Wildman–Crippen LogP) is 3.82. The lowest BCUT2D eigenvalue weighted by molar-refractivity contribution is 0.194. The van der Waals surface area contributed by atoms with Gasteiger partial charge in [0.15, 0.2) is 5.82 Å². The van der Waals surface area contributed by atoms with Gasteiger partial charge in [-0.25, -0.2) is 14.2 Å². The minimum absolute atomic E-state index is 0.0669.